The van der Waals surface area contributed by atoms with Crippen molar-refractivity contribution in [2.24, 2.45) is 0 Å². The molecular formula is C13H12N6. The molecule has 0 saturated heterocycles. The molecule has 0 aliphatic carbocycles. The van der Waals surface area contributed by atoms with E-state index < -0.39 is 0 Å². The second kappa shape index (κ2) is 4.85. The van der Waals surface area contributed by atoms with Crippen molar-refractivity contribution in [2.75, 3.05) is 5.32 Å². The number of aryl methyl sites for hydroxylation is 1. The predicted molar refractivity (Wildman–Crippen MR) is 71.9 cm³/mol. The van der Waals surface area contributed by atoms with Gasteiger partial charge in [-0.3, -0.25) is 10.1 Å². The number of nitrogens with one attached hydrogen (secondary N) is 2. The van der Waals surface area contributed by atoms with E-state index in [0.717, 1.165) is 28.5 Å². The molecule has 0 bridgehead atoms. The third-order valence-electron chi connectivity index (χ3n) is 2.61. The summed E-state index contributed by atoms with van der Waals surface area (Å²) in [6.07, 6.45) is 5.12. The molecule has 0 atom stereocenters. The molecule has 3 rings (SSSR count). The maximum atomic E-state index is 4.12. The van der Waals surface area contributed by atoms with Crippen molar-refractivity contribution in [3.63, 3.8) is 0 Å². The molecule has 0 amide bonds. The summed E-state index contributed by atoms with van der Waals surface area (Å²) in [7, 11) is 0. The number of pyridine rings is 1. The molecule has 0 fully saturated rings. The second-order valence-corrected chi connectivity index (χ2v) is 4.13. The van der Waals surface area contributed by atoms with Gasteiger partial charge in [0, 0.05) is 29.7 Å². The molecule has 0 unspecified atom stereocenters. The van der Waals surface area contributed by atoms with Crippen LogP contribution < -0.4 is 5.32 Å². The van der Waals surface area contributed by atoms with E-state index in [2.05, 4.69) is 30.7 Å². The Hall–Kier alpha value is -2.76. The standard InChI is InChI=1S/C13H12N6/c1-9-6-13(19-17-9)16-11-7-12(18-15-8-11)10-2-4-14-5-3-10/h2-8H,1H3,(H2,16,17,18,19). The Labute approximate surface area is 109 Å². The molecule has 94 valence electrons. The van der Waals surface area contributed by atoms with E-state index >= 15 is 0 Å². The summed E-state index contributed by atoms with van der Waals surface area (Å²) in [6.45, 7) is 1.95. The number of rotatable bonds is 3. The summed E-state index contributed by atoms with van der Waals surface area (Å²) in [5.41, 5.74) is 3.61. The van der Waals surface area contributed by atoms with E-state index in [9.17, 15) is 0 Å². The number of aromatic nitrogens is 5. The quantitative estimate of drug-likeness (QED) is 0.747. The first-order valence-electron chi connectivity index (χ1n) is 5.83. The van der Waals surface area contributed by atoms with Gasteiger partial charge in [-0.2, -0.15) is 15.3 Å². The average Bonchev–Trinajstić information content (AvgIpc) is 2.85. The predicted octanol–water partition coefficient (Wildman–Crippen LogP) is 2.31. The SMILES string of the molecule is Cc1cc(Nc2cnnc(-c3ccncc3)c2)n[nH]1. The van der Waals surface area contributed by atoms with Crippen LogP contribution in [0.1, 0.15) is 5.69 Å². The Kier molecular flexibility index (Phi) is 2.89. The van der Waals surface area contributed by atoms with Gasteiger partial charge in [-0.25, -0.2) is 0 Å². The van der Waals surface area contributed by atoms with E-state index in [4.69, 9.17) is 0 Å². The van der Waals surface area contributed by atoms with Crippen molar-refractivity contribution in [1.29, 1.82) is 0 Å². The Morgan fingerprint density at radius 3 is 2.74 bits per heavy atom. The highest BCUT2D eigenvalue weighted by Gasteiger charge is 2.03. The van der Waals surface area contributed by atoms with E-state index in [-0.39, 0.29) is 0 Å². The van der Waals surface area contributed by atoms with Gasteiger partial charge in [0.1, 0.15) is 0 Å². The van der Waals surface area contributed by atoms with Crippen molar-refractivity contribution in [3.8, 4) is 11.3 Å². The Morgan fingerprint density at radius 2 is 2.00 bits per heavy atom. The fraction of sp³-hybridized carbons (Fsp3) is 0.0769. The van der Waals surface area contributed by atoms with Crippen LogP contribution in [0.4, 0.5) is 11.5 Å². The van der Waals surface area contributed by atoms with Gasteiger partial charge in [0.2, 0.25) is 0 Å². The molecule has 19 heavy (non-hydrogen) atoms. The smallest absolute Gasteiger partial charge is 0.152 e. The van der Waals surface area contributed by atoms with E-state index in [0.29, 0.717) is 0 Å². The van der Waals surface area contributed by atoms with E-state index in [1.54, 1.807) is 18.6 Å². The number of aromatic amines is 1. The summed E-state index contributed by atoms with van der Waals surface area (Å²) in [5, 5.41) is 18.3. The van der Waals surface area contributed by atoms with Gasteiger partial charge in [0.05, 0.1) is 17.6 Å². The van der Waals surface area contributed by atoms with E-state index in [1.807, 2.05) is 31.2 Å². The first-order valence-corrected chi connectivity index (χ1v) is 5.83. The van der Waals surface area contributed by atoms with Crippen molar-refractivity contribution in [2.45, 2.75) is 6.92 Å². The maximum absolute atomic E-state index is 4.12. The number of nitrogens with zero attached hydrogens (tertiary/aromatic N) is 4. The van der Waals surface area contributed by atoms with Gasteiger partial charge < -0.3 is 5.32 Å². The molecule has 6 nitrogen and oxygen atoms in total. The summed E-state index contributed by atoms with van der Waals surface area (Å²) in [6, 6.07) is 7.64. The van der Waals surface area contributed by atoms with E-state index in [1.165, 1.54) is 0 Å². The summed E-state index contributed by atoms with van der Waals surface area (Å²) in [5.74, 6) is 0.756. The lowest BCUT2D eigenvalue weighted by Crippen LogP contribution is -1.94. The topological polar surface area (TPSA) is 79.4 Å². The van der Waals surface area contributed by atoms with Crippen molar-refractivity contribution < 1.29 is 0 Å². The normalized spacial score (nSPS) is 10.4. The summed E-state index contributed by atoms with van der Waals surface area (Å²) in [4.78, 5) is 3.99. The first-order chi connectivity index (χ1) is 9.31. The van der Waals surface area contributed by atoms with Gasteiger partial charge in [0.25, 0.3) is 0 Å². The number of hydrogen-bond donors (Lipinski definition) is 2. The zero-order chi connectivity index (χ0) is 13.1. The molecular weight excluding hydrogens is 240 g/mol. The largest absolute Gasteiger partial charge is 0.337 e. The van der Waals surface area contributed by atoms with Crippen molar-refractivity contribution in [1.82, 2.24) is 25.4 Å². The highest BCUT2D eigenvalue weighted by molar-refractivity contribution is 5.65. The molecule has 6 heteroatoms. The van der Waals surface area contributed by atoms with Gasteiger partial charge >= 0.3 is 0 Å². The number of hydrogen-bond acceptors (Lipinski definition) is 5. The van der Waals surface area contributed by atoms with Crippen LogP contribution in [0.2, 0.25) is 0 Å². The van der Waals surface area contributed by atoms with Crippen LogP contribution in [-0.2, 0) is 0 Å². The van der Waals surface area contributed by atoms with Gasteiger partial charge in [-0.05, 0) is 25.1 Å². The van der Waals surface area contributed by atoms with Crippen LogP contribution in [0.15, 0.2) is 42.9 Å². The van der Waals surface area contributed by atoms with Crippen LogP contribution >= 0.6 is 0 Å². The highest BCUT2D eigenvalue weighted by atomic mass is 15.2. The van der Waals surface area contributed by atoms with Crippen LogP contribution in [0.3, 0.4) is 0 Å². The fourth-order valence-corrected chi connectivity index (χ4v) is 1.73. The lowest BCUT2D eigenvalue weighted by atomic mass is 10.2. The molecule has 0 aliphatic rings. The Balaban J connectivity index is 1.88. The number of H-pyrrole nitrogens is 1. The molecule has 3 heterocycles. The molecule has 3 aromatic rings. The fourth-order valence-electron chi connectivity index (χ4n) is 1.73. The average molecular weight is 252 g/mol. The highest BCUT2D eigenvalue weighted by Crippen LogP contribution is 2.20. The second-order valence-electron chi connectivity index (χ2n) is 4.13. The Morgan fingerprint density at radius 1 is 1.16 bits per heavy atom. The third kappa shape index (κ3) is 2.57. The summed E-state index contributed by atoms with van der Waals surface area (Å²) >= 11 is 0. The molecule has 0 saturated carbocycles. The van der Waals surface area contributed by atoms with Gasteiger partial charge in [-0.1, -0.05) is 0 Å². The van der Waals surface area contributed by atoms with Crippen LogP contribution in [0.25, 0.3) is 11.3 Å². The summed E-state index contributed by atoms with van der Waals surface area (Å²) < 4.78 is 0. The zero-order valence-corrected chi connectivity index (χ0v) is 10.3. The first kappa shape index (κ1) is 11.3. The van der Waals surface area contributed by atoms with Crippen molar-refractivity contribution >= 4 is 11.5 Å². The molecule has 0 aliphatic heterocycles. The maximum Gasteiger partial charge on any atom is 0.152 e. The Bertz CT molecular complexity index is 676. The van der Waals surface area contributed by atoms with Crippen molar-refractivity contribution in [3.05, 3.63) is 48.5 Å². The van der Waals surface area contributed by atoms with Crippen LogP contribution in [-0.4, -0.2) is 25.4 Å². The molecule has 0 spiro atoms. The van der Waals surface area contributed by atoms with Crippen LogP contribution in [0.5, 0.6) is 0 Å². The van der Waals surface area contributed by atoms with Crippen LogP contribution in [0, 0.1) is 6.92 Å². The van der Waals surface area contributed by atoms with Gasteiger partial charge in [-0.15, -0.1) is 0 Å². The monoisotopic (exact) mass is 252 g/mol. The minimum absolute atomic E-state index is 0.756. The molecule has 2 N–H and O–H groups in total. The lowest BCUT2D eigenvalue weighted by molar-refractivity contribution is 1.03. The molecule has 0 aromatic carbocycles. The molecule has 0 radical (unpaired) electrons. The zero-order valence-electron chi connectivity index (χ0n) is 10.3. The van der Waals surface area contributed by atoms with Gasteiger partial charge in [0.15, 0.2) is 5.82 Å². The minimum atomic E-state index is 0.756. The molecule has 3 aromatic heterocycles. The number of anilines is 2. The lowest BCUT2D eigenvalue weighted by Gasteiger charge is -2.04. The minimum Gasteiger partial charge on any atom is -0.337 e. The third-order valence-corrected chi connectivity index (χ3v) is 2.61.